The summed E-state index contributed by atoms with van der Waals surface area (Å²) in [5.74, 6) is 0. The van der Waals surface area contributed by atoms with E-state index in [2.05, 4.69) is 10.2 Å². The fraction of sp³-hybridized carbons (Fsp3) is 0.250. The number of hydrogen-bond donors (Lipinski definition) is 0. The zero-order valence-corrected chi connectivity index (χ0v) is 10.3. The zero-order valence-electron chi connectivity index (χ0n) is 7.20. The van der Waals surface area contributed by atoms with E-state index < -0.39 is 0 Å². The highest BCUT2D eigenvalue weighted by Gasteiger charge is 2.11. The molecule has 0 aromatic carbocycles. The maximum atomic E-state index is 5.89. The number of thiophene rings is 1. The normalized spacial score (nSPS) is 13.1. The van der Waals surface area contributed by atoms with Crippen LogP contribution in [0.25, 0.3) is 10.6 Å². The largest absolute Gasteiger partial charge is 0.148 e. The lowest BCUT2D eigenvalue weighted by atomic mass is 10.4. The van der Waals surface area contributed by atoms with Crippen LogP contribution >= 0.6 is 45.9 Å². The third kappa shape index (κ3) is 2.08. The Morgan fingerprint density at radius 2 is 2.21 bits per heavy atom. The molecule has 0 aliphatic carbocycles. The van der Waals surface area contributed by atoms with E-state index in [0.29, 0.717) is 0 Å². The van der Waals surface area contributed by atoms with E-state index in [1.54, 1.807) is 0 Å². The van der Waals surface area contributed by atoms with Crippen LogP contribution in [0.15, 0.2) is 11.4 Å². The van der Waals surface area contributed by atoms with Gasteiger partial charge in [0.05, 0.1) is 9.71 Å². The van der Waals surface area contributed by atoms with Crippen molar-refractivity contribution in [2.45, 2.75) is 12.3 Å². The lowest BCUT2D eigenvalue weighted by molar-refractivity contribution is 0.963. The highest BCUT2D eigenvalue weighted by molar-refractivity contribution is 7.17. The highest BCUT2D eigenvalue weighted by atomic mass is 35.5. The summed E-state index contributed by atoms with van der Waals surface area (Å²) in [6.07, 6.45) is 0. The molecule has 0 amide bonds. The van der Waals surface area contributed by atoms with Gasteiger partial charge in [0.2, 0.25) is 0 Å². The van der Waals surface area contributed by atoms with Crippen LogP contribution in [-0.4, -0.2) is 10.2 Å². The van der Waals surface area contributed by atoms with Crippen molar-refractivity contribution >= 4 is 45.9 Å². The van der Waals surface area contributed by atoms with Crippen molar-refractivity contribution < 1.29 is 0 Å². The standard InChI is InChI=1S/C8H6Cl2N2S2/c1-4(9)7-11-12-8(14-7)5-2-6(10)13-3-5/h2-4H,1H3. The van der Waals surface area contributed by atoms with Crippen LogP contribution in [-0.2, 0) is 0 Å². The van der Waals surface area contributed by atoms with E-state index in [9.17, 15) is 0 Å². The van der Waals surface area contributed by atoms with Crippen LogP contribution < -0.4 is 0 Å². The molecule has 2 rings (SSSR count). The first-order valence-corrected chi connectivity index (χ1v) is 6.40. The first-order valence-electron chi connectivity index (χ1n) is 3.88. The molecule has 0 aliphatic rings. The molecule has 0 fully saturated rings. The molecule has 1 unspecified atom stereocenters. The van der Waals surface area contributed by atoms with E-state index >= 15 is 0 Å². The van der Waals surface area contributed by atoms with Gasteiger partial charge in [0.15, 0.2) is 0 Å². The topological polar surface area (TPSA) is 25.8 Å². The first-order chi connectivity index (χ1) is 6.66. The van der Waals surface area contributed by atoms with Crippen molar-refractivity contribution in [2.24, 2.45) is 0 Å². The van der Waals surface area contributed by atoms with Gasteiger partial charge in [0.1, 0.15) is 10.0 Å². The van der Waals surface area contributed by atoms with Gasteiger partial charge in [0.25, 0.3) is 0 Å². The van der Waals surface area contributed by atoms with Gasteiger partial charge in [0, 0.05) is 10.9 Å². The third-order valence-corrected chi connectivity index (χ3v) is 4.18. The first kappa shape index (κ1) is 10.4. The molecule has 14 heavy (non-hydrogen) atoms. The molecule has 0 N–H and O–H groups in total. The summed E-state index contributed by atoms with van der Waals surface area (Å²) in [5.41, 5.74) is 1.01. The van der Waals surface area contributed by atoms with Gasteiger partial charge >= 0.3 is 0 Å². The molecular formula is C8H6Cl2N2S2. The molecule has 0 saturated heterocycles. The molecule has 0 saturated carbocycles. The number of halogens is 2. The van der Waals surface area contributed by atoms with E-state index in [0.717, 1.165) is 19.9 Å². The summed E-state index contributed by atoms with van der Waals surface area (Å²) in [7, 11) is 0. The summed E-state index contributed by atoms with van der Waals surface area (Å²) in [5, 5.41) is 11.6. The molecular weight excluding hydrogens is 259 g/mol. The average molecular weight is 265 g/mol. The van der Waals surface area contributed by atoms with Gasteiger partial charge in [-0.25, -0.2) is 0 Å². The molecule has 0 radical (unpaired) electrons. The molecule has 6 heteroatoms. The maximum absolute atomic E-state index is 5.89. The van der Waals surface area contributed by atoms with Gasteiger partial charge in [-0.05, 0) is 13.0 Å². The molecule has 2 nitrogen and oxygen atoms in total. The Kier molecular flexibility index (Phi) is 3.07. The van der Waals surface area contributed by atoms with E-state index in [1.807, 2.05) is 18.4 Å². The second kappa shape index (κ2) is 4.14. The fourth-order valence-corrected chi connectivity index (χ4v) is 2.81. The monoisotopic (exact) mass is 264 g/mol. The van der Waals surface area contributed by atoms with E-state index in [4.69, 9.17) is 23.2 Å². The van der Waals surface area contributed by atoms with Gasteiger partial charge in [-0.1, -0.05) is 22.9 Å². The van der Waals surface area contributed by atoms with Crippen molar-refractivity contribution in [2.75, 3.05) is 0 Å². The zero-order chi connectivity index (χ0) is 10.1. The Morgan fingerprint density at radius 3 is 2.71 bits per heavy atom. The predicted molar refractivity (Wildman–Crippen MR) is 62.5 cm³/mol. The van der Waals surface area contributed by atoms with Gasteiger partial charge in [-0.3, -0.25) is 0 Å². The summed E-state index contributed by atoms with van der Waals surface area (Å²) >= 11 is 14.7. The van der Waals surface area contributed by atoms with Crippen molar-refractivity contribution in [1.82, 2.24) is 10.2 Å². The Labute approximate surface area is 99.5 Å². The molecule has 2 aromatic rings. The minimum atomic E-state index is -0.0876. The molecule has 1 atom stereocenters. The van der Waals surface area contributed by atoms with Crippen LogP contribution in [0, 0.1) is 0 Å². The van der Waals surface area contributed by atoms with Crippen LogP contribution in [0.5, 0.6) is 0 Å². The maximum Gasteiger partial charge on any atom is 0.148 e. The van der Waals surface area contributed by atoms with E-state index in [-0.39, 0.29) is 5.38 Å². The Balaban J connectivity index is 2.33. The molecule has 0 spiro atoms. The summed E-state index contributed by atoms with van der Waals surface area (Å²) < 4.78 is 0.760. The van der Waals surface area contributed by atoms with Crippen LogP contribution in [0.1, 0.15) is 17.3 Å². The van der Waals surface area contributed by atoms with Gasteiger partial charge in [-0.2, -0.15) is 0 Å². The van der Waals surface area contributed by atoms with Crippen molar-refractivity contribution in [1.29, 1.82) is 0 Å². The molecule has 0 aliphatic heterocycles. The molecule has 2 aromatic heterocycles. The Morgan fingerprint density at radius 1 is 1.43 bits per heavy atom. The summed E-state index contributed by atoms with van der Waals surface area (Å²) in [6.45, 7) is 1.88. The minimum absolute atomic E-state index is 0.0876. The minimum Gasteiger partial charge on any atom is -0.142 e. The Bertz CT molecular complexity index is 436. The second-order valence-corrected chi connectivity index (χ2v) is 5.91. The highest BCUT2D eigenvalue weighted by Crippen LogP contribution is 2.33. The average Bonchev–Trinajstić information content (AvgIpc) is 2.70. The van der Waals surface area contributed by atoms with Crippen molar-refractivity contribution in [3.05, 3.63) is 20.8 Å². The smallest absolute Gasteiger partial charge is 0.142 e. The Hall–Kier alpha value is -0.160. The van der Waals surface area contributed by atoms with Crippen LogP contribution in [0.3, 0.4) is 0 Å². The summed E-state index contributed by atoms with van der Waals surface area (Å²) in [4.78, 5) is 0. The van der Waals surface area contributed by atoms with Crippen molar-refractivity contribution in [3.8, 4) is 10.6 Å². The molecule has 2 heterocycles. The fourth-order valence-electron chi connectivity index (χ4n) is 0.934. The number of alkyl halides is 1. The van der Waals surface area contributed by atoms with E-state index in [1.165, 1.54) is 22.7 Å². The predicted octanol–water partition coefficient (Wildman–Crippen LogP) is 4.22. The third-order valence-electron chi connectivity index (χ3n) is 1.60. The van der Waals surface area contributed by atoms with Crippen molar-refractivity contribution in [3.63, 3.8) is 0 Å². The quantitative estimate of drug-likeness (QED) is 0.760. The number of nitrogens with zero attached hydrogens (tertiary/aromatic N) is 2. The van der Waals surface area contributed by atoms with Crippen LogP contribution in [0.2, 0.25) is 4.34 Å². The SMILES string of the molecule is CC(Cl)c1nnc(-c2csc(Cl)c2)s1. The molecule has 0 bridgehead atoms. The lowest BCUT2D eigenvalue weighted by Crippen LogP contribution is -1.80. The summed E-state index contributed by atoms with van der Waals surface area (Å²) in [6, 6.07) is 1.88. The molecule has 74 valence electrons. The van der Waals surface area contributed by atoms with Gasteiger partial charge in [-0.15, -0.1) is 33.1 Å². The number of hydrogen-bond acceptors (Lipinski definition) is 4. The second-order valence-electron chi connectivity index (χ2n) is 2.70. The lowest BCUT2D eigenvalue weighted by Gasteiger charge is -1.90. The number of aromatic nitrogens is 2. The van der Waals surface area contributed by atoms with Crippen LogP contribution in [0.4, 0.5) is 0 Å². The number of rotatable bonds is 2. The van der Waals surface area contributed by atoms with Gasteiger partial charge < -0.3 is 0 Å².